The van der Waals surface area contributed by atoms with Crippen molar-refractivity contribution in [2.24, 2.45) is 11.8 Å². The van der Waals surface area contributed by atoms with Crippen LogP contribution in [0.25, 0.3) is 0 Å². The monoisotopic (exact) mass is 241 g/mol. The molecule has 1 nitrogen and oxygen atoms in total. The summed E-state index contributed by atoms with van der Waals surface area (Å²) in [4.78, 5) is 0. The van der Waals surface area contributed by atoms with Gasteiger partial charge in [-0.1, -0.05) is 26.8 Å². The number of hydrogen-bond acceptors (Lipinski definition) is 1. The maximum Gasteiger partial charge on any atom is 0.159 e. The summed E-state index contributed by atoms with van der Waals surface area (Å²) in [5.74, 6) is -0.571. The van der Waals surface area contributed by atoms with E-state index in [4.69, 9.17) is 0 Å². The molecule has 0 aliphatic rings. The fourth-order valence-corrected chi connectivity index (χ4v) is 1.81. The summed E-state index contributed by atoms with van der Waals surface area (Å²) < 4.78 is 25.8. The Morgan fingerprint density at radius 1 is 1.12 bits per heavy atom. The van der Waals surface area contributed by atoms with Gasteiger partial charge in [-0.3, -0.25) is 0 Å². The predicted octanol–water partition coefficient (Wildman–Crippen LogP) is 3.39. The lowest BCUT2D eigenvalue weighted by Crippen LogP contribution is -2.25. The summed E-state index contributed by atoms with van der Waals surface area (Å²) in [5, 5.41) is 3.30. The quantitative estimate of drug-likeness (QED) is 0.805. The molecular formula is C14H21F2N. The summed E-state index contributed by atoms with van der Waals surface area (Å²) in [7, 11) is 0. The minimum Gasteiger partial charge on any atom is -0.317 e. The highest BCUT2D eigenvalue weighted by atomic mass is 19.2. The zero-order valence-corrected chi connectivity index (χ0v) is 10.8. The standard InChI is InChI=1S/C14H21F2N/c1-4-17-9-11(3)10(2)7-12-5-6-13(15)14(16)8-12/h5-6,8,10-11,17H,4,7,9H2,1-3H3. The van der Waals surface area contributed by atoms with Crippen LogP contribution >= 0.6 is 0 Å². The third kappa shape index (κ3) is 4.43. The van der Waals surface area contributed by atoms with E-state index >= 15 is 0 Å². The maximum absolute atomic E-state index is 13.0. The Bertz CT molecular complexity index is 352. The molecule has 0 bridgehead atoms. The first-order chi connectivity index (χ1) is 8.04. The molecule has 0 saturated heterocycles. The van der Waals surface area contributed by atoms with E-state index in [1.807, 2.05) is 0 Å². The Kier molecular flexibility index (Phi) is 5.56. The van der Waals surface area contributed by atoms with Gasteiger partial charge in [0.05, 0.1) is 0 Å². The molecule has 1 N–H and O–H groups in total. The number of rotatable bonds is 6. The topological polar surface area (TPSA) is 12.0 Å². The summed E-state index contributed by atoms with van der Waals surface area (Å²) >= 11 is 0. The third-order valence-corrected chi connectivity index (χ3v) is 3.23. The van der Waals surface area contributed by atoms with E-state index in [-0.39, 0.29) is 0 Å². The molecule has 0 aromatic heterocycles. The van der Waals surface area contributed by atoms with Gasteiger partial charge >= 0.3 is 0 Å². The second-order valence-corrected chi connectivity index (χ2v) is 4.71. The van der Waals surface area contributed by atoms with E-state index in [9.17, 15) is 8.78 Å². The van der Waals surface area contributed by atoms with Gasteiger partial charge in [0.25, 0.3) is 0 Å². The molecule has 1 aromatic rings. The fourth-order valence-electron chi connectivity index (χ4n) is 1.81. The van der Waals surface area contributed by atoms with E-state index < -0.39 is 11.6 Å². The zero-order valence-electron chi connectivity index (χ0n) is 10.8. The molecule has 2 atom stereocenters. The van der Waals surface area contributed by atoms with Crippen LogP contribution in [-0.2, 0) is 6.42 Å². The summed E-state index contributed by atoms with van der Waals surface area (Å²) in [6, 6.07) is 4.16. The van der Waals surface area contributed by atoms with Crippen LogP contribution in [-0.4, -0.2) is 13.1 Å². The molecule has 0 saturated carbocycles. The van der Waals surface area contributed by atoms with Gasteiger partial charge in [-0.15, -0.1) is 0 Å². The largest absolute Gasteiger partial charge is 0.317 e. The molecular weight excluding hydrogens is 220 g/mol. The first kappa shape index (κ1) is 14.1. The maximum atomic E-state index is 13.0. The molecule has 3 heteroatoms. The normalized spacial score (nSPS) is 14.6. The smallest absolute Gasteiger partial charge is 0.159 e. The van der Waals surface area contributed by atoms with Crippen molar-refractivity contribution in [1.82, 2.24) is 5.32 Å². The lowest BCUT2D eigenvalue weighted by atomic mass is 9.89. The predicted molar refractivity (Wildman–Crippen MR) is 66.9 cm³/mol. The van der Waals surface area contributed by atoms with E-state index in [2.05, 4.69) is 26.1 Å². The highest BCUT2D eigenvalue weighted by molar-refractivity contribution is 5.18. The molecule has 0 radical (unpaired) electrons. The van der Waals surface area contributed by atoms with Crippen LogP contribution in [0, 0.1) is 23.5 Å². The van der Waals surface area contributed by atoms with Gasteiger partial charge in [0.2, 0.25) is 0 Å². The Balaban J connectivity index is 2.55. The summed E-state index contributed by atoms with van der Waals surface area (Å²) in [6.07, 6.45) is 0.782. The van der Waals surface area contributed by atoms with Crippen LogP contribution in [0.15, 0.2) is 18.2 Å². The number of hydrogen-bond donors (Lipinski definition) is 1. The summed E-state index contributed by atoms with van der Waals surface area (Å²) in [6.45, 7) is 8.31. The molecule has 0 amide bonds. The minimum atomic E-state index is -0.776. The second-order valence-electron chi connectivity index (χ2n) is 4.71. The van der Waals surface area contributed by atoms with E-state index in [1.165, 1.54) is 12.1 Å². The van der Waals surface area contributed by atoms with Gasteiger partial charge in [0, 0.05) is 0 Å². The first-order valence-electron chi connectivity index (χ1n) is 6.19. The van der Waals surface area contributed by atoms with Gasteiger partial charge in [0.15, 0.2) is 11.6 Å². The lowest BCUT2D eigenvalue weighted by Gasteiger charge is -2.20. The summed E-state index contributed by atoms with van der Waals surface area (Å²) in [5.41, 5.74) is 0.861. The molecule has 0 heterocycles. The Labute approximate surface area is 102 Å². The Hall–Kier alpha value is -0.960. The minimum absolute atomic E-state index is 0.443. The van der Waals surface area contributed by atoms with Crippen molar-refractivity contribution in [3.63, 3.8) is 0 Å². The van der Waals surface area contributed by atoms with Crippen LogP contribution in [0.3, 0.4) is 0 Å². The molecule has 0 aliphatic carbocycles. The average molecular weight is 241 g/mol. The molecule has 0 fully saturated rings. The molecule has 0 spiro atoms. The van der Waals surface area contributed by atoms with Crippen LogP contribution in [0.2, 0.25) is 0 Å². The molecule has 96 valence electrons. The van der Waals surface area contributed by atoms with Gasteiger partial charge < -0.3 is 5.32 Å². The van der Waals surface area contributed by atoms with Gasteiger partial charge in [0.1, 0.15) is 0 Å². The second kappa shape index (κ2) is 6.70. The highest BCUT2D eigenvalue weighted by Crippen LogP contribution is 2.18. The molecule has 17 heavy (non-hydrogen) atoms. The van der Waals surface area contributed by atoms with Crippen molar-refractivity contribution in [2.75, 3.05) is 13.1 Å². The van der Waals surface area contributed by atoms with Crippen molar-refractivity contribution >= 4 is 0 Å². The lowest BCUT2D eigenvalue weighted by molar-refractivity contribution is 0.367. The number of nitrogens with one attached hydrogen (secondary N) is 1. The Morgan fingerprint density at radius 2 is 1.82 bits per heavy atom. The molecule has 1 aromatic carbocycles. The van der Waals surface area contributed by atoms with Crippen molar-refractivity contribution in [2.45, 2.75) is 27.2 Å². The zero-order chi connectivity index (χ0) is 12.8. The SMILES string of the molecule is CCNCC(C)C(C)Cc1ccc(F)c(F)c1. The van der Waals surface area contributed by atoms with E-state index in [0.29, 0.717) is 11.8 Å². The van der Waals surface area contributed by atoms with E-state index in [0.717, 1.165) is 25.1 Å². The van der Waals surface area contributed by atoms with Crippen molar-refractivity contribution in [3.05, 3.63) is 35.4 Å². The van der Waals surface area contributed by atoms with Crippen LogP contribution in [0.1, 0.15) is 26.3 Å². The van der Waals surface area contributed by atoms with E-state index in [1.54, 1.807) is 6.07 Å². The molecule has 0 aliphatic heterocycles. The van der Waals surface area contributed by atoms with Crippen LogP contribution < -0.4 is 5.32 Å². The van der Waals surface area contributed by atoms with Crippen molar-refractivity contribution < 1.29 is 8.78 Å². The molecule has 1 rings (SSSR count). The average Bonchev–Trinajstić information content (AvgIpc) is 2.30. The third-order valence-electron chi connectivity index (χ3n) is 3.23. The van der Waals surface area contributed by atoms with Crippen LogP contribution in [0.5, 0.6) is 0 Å². The van der Waals surface area contributed by atoms with Crippen molar-refractivity contribution in [3.8, 4) is 0 Å². The fraction of sp³-hybridized carbons (Fsp3) is 0.571. The molecule has 2 unspecified atom stereocenters. The first-order valence-corrected chi connectivity index (χ1v) is 6.19. The van der Waals surface area contributed by atoms with Gasteiger partial charge in [-0.2, -0.15) is 0 Å². The highest BCUT2D eigenvalue weighted by Gasteiger charge is 2.13. The Morgan fingerprint density at radius 3 is 2.41 bits per heavy atom. The van der Waals surface area contributed by atoms with Gasteiger partial charge in [-0.25, -0.2) is 8.78 Å². The van der Waals surface area contributed by atoms with Crippen LogP contribution in [0.4, 0.5) is 8.78 Å². The number of benzene rings is 1. The van der Waals surface area contributed by atoms with Crippen molar-refractivity contribution in [1.29, 1.82) is 0 Å². The van der Waals surface area contributed by atoms with Gasteiger partial charge in [-0.05, 0) is 49.0 Å². The number of halogens is 2.